The van der Waals surface area contributed by atoms with Gasteiger partial charge in [-0.25, -0.2) is 0 Å². The molecular weight excluding hydrogens is 148 g/mol. The van der Waals surface area contributed by atoms with E-state index >= 15 is 0 Å². The predicted octanol–water partition coefficient (Wildman–Crippen LogP) is 1.28. The summed E-state index contributed by atoms with van der Waals surface area (Å²) in [6.45, 7) is 8.38. The second-order valence-electron chi connectivity index (χ2n) is 4.41. The van der Waals surface area contributed by atoms with Crippen molar-refractivity contribution in [1.29, 1.82) is 0 Å². The largest absolute Gasteiger partial charge is 0.305 e. The number of nitrogens with zero attached hydrogens (tertiary/aromatic N) is 2. The molecule has 1 fully saturated rings. The lowest BCUT2D eigenvalue weighted by Gasteiger charge is -2.30. The highest BCUT2D eigenvalue weighted by Crippen LogP contribution is 2.13. The van der Waals surface area contributed by atoms with Gasteiger partial charge in [0.2, 0.25) is 0 Å². The van der Waals surface area contributed by atoms with E-state index < -0.39 is 0 Å². The summed E-state index contributed by atoms with van der Waals surface area (Å²) in [5, 5.41) is 0. The zero-order valence-corrected chi connectivity index (χ0v) is 8.88. The lowest BCUT2D eigenvalue weighted by molar-refractivity contribution is 0.178. The van der Waals surface area contributed by atoms with Crippen LogP contribution in [0.5, 0.6) is 0 Å². The molecule has 1 rings (SSSR count). The molecular formula is C10H22N2. The Morgan fingerprint density at radius 1 is 1.17 bits per heavy atom. The normalized spacial score (nSPS) is 29.2. The van der Waals surface area contributed by atoms with Gasteiger partial charge in [0.05, 0.1) is 0 Å². The molecule has 12 heavy (non-hydrogen) atoms. The zero-order valence-electron chi connectivity index (χ0n) is 8.88. The van der Waals surface area contributed by atoms with Gasteiger partial charge in [0.25, 0.3) is 0 Å². The van der Waals surface area contributed by atoms with Crippen LogP contribution in [0.2, 0.25) is 0 Å². The monoisotopic (exact) mass is 170 g/mol. The maximum absolute atomic E-state index is 2.51. The average molecular weight is 170 g/mol. The maximum Gasteiger partial charge on any atom is 0.0242 e. The SMILES string of the molecule is CC(C)[C@@H]1CN(C)CCCN1C. The van der Waals surface area contributed by atoms with Crippen LogP contribution in [0.15, 0.2) is 0 Å². The summed E-state index contributed by atoms with van der Waals surface area (Å²) in [5.41, 5.74) is 0. The third-order valence-electron chi connectivity index (χ3n) is 2.89. The molecule has 1 atom stereocenters. The van der Waals surface area contributed by atoms with Gasteiger partial charge >= 0.3 is 0 Å². The third kappa shape index (κ3) is 2.46. The fraction of sp³-hybridized carbons (Fsp3) is 1.00. The Morgan fingerprint density at radius 2 is 1.83 bits per heavy atom. The molecule has 1 aliphatic heterocycles. The van der Waals surface area contributed by atoms with Crippen molar-refractivity contribution in [2.45, 2.75) is 26.3 Å². The molecule has 1 aliphatic rings. The third-order valence-corrected chi connectivity index (χ3v) is 2.89. The van der Waals surface area contributed by atoms with Crippen LogP contribution in [0.1, 0.15) is 20.3 Å². The van der Waals surface area contributed by atoms with E-state index in [2.05, 4.69) is 37.7 Å². The van der Waals surface area contributed by atoms with Crippen molar-refractivity contribution in [1.82, 2.24) is 9.80 Å². The summed E-state index contributed by atoms with van der Waals surface area (Å²) in [4.78, 5) is 4.96. The first-order valence-electron chi connectivity index (χ1n) is 5.00. The summed E-state index contributed by atoms with van der Waals surface area (Å²) in [5.74, 6) is 0.774. The van der Waals surface area contributed by atoms with Gasteiger partial charge in [0, 0.05) is 12.6 Å². The van der Waals surface area contributed by atoms with E-state index in [1.54, 1.807) is 0 Å². The molecule has 2 heteroatoms. The van der Waals surface area contributed by atoms with Crippen molar-refractivity contribution >= 4 is 0 Å². The number of rotatable bonds is 1. The van der Waals surface area contributed by atoms with Crippen LogP contribution >= 0.6 is 0 Å². The van der Waals surface area contributed by atoms with Crippen molar-refractivity contribution in [3.05, 3.63) is 0 Å². The maximum atomic E-state index is 2.51. The highest BCUT2D eigenvalue weighted by Gasteiger charge is 2.22. The fourth-order valence-electron chi connectivity index (χ4n) is 2.03. The van der Waals surface area contributed by atoms with Crippen LogP contribution in [0.3, 0.4) is 0 Å². The lowest BCUT2D eigenvalue weighted by Crippen LogP contribution is -2.41. The summed E-state index contributed by atoms with van der Waals surface area (Å²) in [6, 6.07) is 0.748. The Morgan fingerprint density at radius 3 is 2.42 bits per heavy atom. The predicted molar refractivity (Wildman–Crippen MR) is 53.4 cm³/mol. The van der Waals surface area contributed by atoms with E-state index in [9.17, 15) is 0 Å². The van der Waals surface area contributed by atoms with E-state index in [0.717, 1.165) is 12.0 Å². The Labute approximate surface area is 76.5 Å². The Hall–Kier alpha value is -0.0800. The van der Waals surface area contributed by atoms with E-state index in [1.807, 2.05) is 0 Å². The van der Waals surface area contributed by atoms with Crippen LogP contribution in [0.4, 0.5) is 0 Å². The standard InChI is InChI=1S/C10H22N2/c1-9(2)10-8-11(3)6-5-7-12(10)4/h9-10H,5-8H2,1-4H3/t10-/m0/s1. The molecule has 72 valence electrons. The number of likely N-dealkylation sites (N-methyl/N-ethyl adjacent to an activating group) is 2. The molecule has 0 aromatic heterocycles. The summed E-state index contributed by atoms with van der Waals surface area (Å²) < 4.78 is 0. The molecule has 2 nitrogen and oxygen atoms in total. The van der Waals surface area contributed by atoms with E-state index in [1.165, 1.54) is 26.1 Å². The first-order valence-corrected chi connectivity index (χ1v) is 5.00. The van der Waals surface area contributed by atoms with Crippen LogP contribution < -0.4 is 0 Å². The van der Waals surface area contributed by atoms with Crippen LogP contribution in [0.25, 0.3) is 0 Å². The van der Waals surface area contributed by atoms with Gasteiger partial charge in [0.1, 0.15) is 0 Å². The average Bonchev–Trinajstić information content (AvgIpc) is 2.13. The van der Waals surface area contributed by atoms with E-state index in [-0.39, 0.29) is 0 Å². The van der Waals surface area contributed by atoms with Crippen molar-refractivity contribution in [3.8, 4) is 0 Å². The second-order valence-corrected chi connectivity index (χ2v) is 4.41. The van der Waals surface area contributed by atoms with Crippen molar-refractivity contribution < 1.29 is 0 Å². The minimum atomic E-state index is 0.748. The van der Waals surface area contributed by atoms with Crippen LogP contribution in [0, 0.1) is 5.92 Å². The summed E-state index contributed by atoms with van der Waals surface area (Å²) in [7, 11) is 4.48. The zero-order chi connectivity index (χ0) is 9.14. The minimum Gasteiger partial charge on any atom is -0.305 e. The van der Waals surface area contributed by atoms with Crippen LogP contribution in [-0.4, -0.2) is 49.6 Å². The Kier molecular flexibility index (Phi) is 3.53. The van der Waals surface area contributed by atoms with E-state index in [0.29, 0.717) is 0 Å². The second kappa shape index (κ2) is 4.24. The molecule has 0 amide bonds. The van der Waals surface area contributed by atoms with Crippen molar-refractivity contribution in [2.24, 2.45) is 5.92 Å². The first kappa shape index (κ1) is 10.0. The summed E-state index contributed by atoms with van der Waals surface area (Å²) >= 11 is 0. The highest BCUT2D eigenvalue weighted by molar-refractivity contribution is 4.78. The Bertz CT molecular complexity index is 134. The minimum absolute atomic E-state index is 0.748. The molecule has 0 unspecified atom stereocenters. The Balaban J connectivity index is 2.54. The van der Waals surface area contributed by atoms with Crippen LogP contribution in [-0.2, 0) is 0 Å². The molecule has 0 bridgehead atoms. The summed E-state index contributed by atoms with van der Waals surface area (Å²) in [6.07, 6.45) is 1.32. The van der Waals surface area contributed by atoms with Gasteiger partial charge < -0.3 is 9.80 Å². The lowest BCUT2D eigenvalue weighted by atomic mass is 10.0. The number of hydrogen-bond acceptors (Lipinski definition) is 2. The molecule has 0 radical (unpaired) electrons. The smallest absolute Gasteiger partial charge is 0.0242 e. The van der Waals surface area contributed by atoms with Crippen molar-refractivity contribution in [3.63, 3.8) is 0 Å². The van der Waals surface area contributed by atoms with E-state index in [4.69, 9.17) is 0 Å². The van der Waals surface area contributed by atoms with Gasteiger partial charge in [-0.2, -0.15) is 0 Å². The molecule has 0 aromatic rings. The van der Waals surface area contributed by atoms with Gasteiger partial charge in [-0.15, -0.1) is 0 Å². The molecule has 1 heterocycles. The van der Waals surface area contributed by atoms with Gasteiger partial charge in [-0.1, -0.05) is 13.8 Å². The van der Waals surface area contributed by atoms with Gasteiger partial charge in [0.15, 0.2) is 0 Å². The van der Waals surface area contributed by atoms with Gasteiger partial charge in [-0.3, -0.25) is 0 Å². The topological polar surface area (TPSA) is 6.48 Å². The molecule has 1 saturated heterocycles. The molecule has 0 N–H and O–H groups in total. The number of hydrogen-bond donors (Lipinski definition) is 0. The highest BCUT2D eigenvalue weighted by atomic mass is 15.2. The molecule has 0 aliphatic carbocycles. The molecule has 0 saturated carbocycles. The molecule has 0 spiro atoms. The first-order chi connectivity index (χ1) is 5.61. The van der Waals surface area contributed by atoms with Crippen molar-refractivity contribution in [2.75, 3.05) is 33.7 Å². The quantitative estimate of drug-likeness (QED) is 0.585. The molecule has 0 aromatic carbocycles. The van der Waals surface area contributed by atoms with Gasteiger partial charge in [-0.05, 0) is 39.5 Å². The fourth-order valence-corrected chi connectivity index (χ4v) is 2.03.